The van der Waals surface area contributed by atoms with Crippen molar-refractivity contribution < 1.29 is 19.0 Å². The number of para-hydroxylation sites is 1. The first-order valence-electron chi connectivity index (χ1n) is 8.82. The van der Waals surface area contributed by atoms with Crippen LogP contribution in [0.15, 0.2) is 73.1 Å². The van der Waals surface area contributed by atoms with Crippen LogP contribution in [0.5, 0.6) is 17.2 Å². The normalized spacial score (nSPS) is 15.3. The molecule has 0 spiro atoms. The molecule has 1 aliphatic heterocycles. The first-order valence-corrected chi connectivity index (χ1v) is 8.82. The van der Waals surface area contributed by atoms with Gasteiger partial charge in [0, 0.05) is 6.20 Å². The van der Waals surface area contributed by atoms with Crippen molar-refractivity contribution in [3.63, 3.8) is 0 Å². The zero-order chi connectivity index (χ0) is 18.5. The highest BCUT2D eigenvalue weighted by molar-refractivity contribution is 5.73. The lowest BCUT2D eigenvalue weighted by atomic mass is 9.97. The summed E-state index contributed by atoms with van der Waals surface area (Å²) in [4.78, 5) is 16.4. The second-order valence-corrected chi connectivity index (χ2v) is 6.36. The molecule has 0 radical (unpaired) electrons. The van der Waals surface area contributed by atoms with Crippen molar-refractivity contribution in [2.75, 3.05) is 6.61 Å². The molecule has 0 unspecified atom stereocenters. The summed E-state index contributed by atoms with van der Waals surface area (Å²) in [5.41, 5.74) is 1.95. The Balaban J connectivity index is 1.30. The predicted octanol–water partition coefficient (Wildman–Crippen LogP) is 4.17. The largest absolute Gasteiger partial charge is 0.492 e. The molecule has 2 heterocycles. The number of hydrogen-bond donors (Lipinski definition) is 0. The van der Waals surface area contributed by atoms with E-state index in [9.17, 15) is 4.79 Å². The number of rotatable bonds is 5. The van der Waals surface area contributed by atoms with Gasteiger partial charge >= 0.3 is 5.97 Å². The van der Waals surface area contributed by atoms with E-state index >= 15 is 0 Å². The number of hydrogen-bond acceptors (Lipinski definition) is 5. The van der Waals surface area contributed by atoms with Crippen molar-refractivity contribution in [3.05, 3.63) is 84.2 Å². The van der Waals surface area contributed by atoms with Crippen LogP contribution in [0.25, 0.3) is 0 Å². The fourth-order valence-corrected chi connectivity index (χ4v) is 2.95. The summed E-state index contributed by atoms with van der Waals surface area (Å²) in [6.07, 6.45) is 3.99. The lowest BCUT2D eigenvalue weighted by molar-refractivity contribution is -0.151. The quantitative estimate of drug-likeness (QED) is 0.639. The standard InChI is InChI=1S/C22H19NO4/c24-22(18-12-17-4-1-2-6-21(17)25-15-18)26-14-16-7-9-19(10-8-16)27-20-5-3-11-23-13-20/h1-11,13,18H,12,14-15H2/t18-/m0/s1. The fourth-order valence-electron chi connectivity index (χ4n) is 2.95. The van der Waals surface area contributed by atoms with Crippen molar-refractivity contribution in [3.8, 4) is 17.2 Å². The number of aromatic nitrogens is 1. The van der Waals surface area contributed by atoms with Gasteiger partial charge in [0.25, 0.3) is 0 Å². The van der Waals surface area contributed by atoms with Gasteiger partial charge in [0.1, 0.15) is 30.5 Å². The average molecular weight is 361 g/mol. The monoisotopic (exact) mass is 361 g/mol. The Bertz CT molecular complexity index is 909. The number of fused-ring (bicyclic) bond motifs is 1. The zero-order valence-electron chi connectivity index (χ0n) is 14.7. The highest BCUT2D eigenvalue weighted by Gasteiger charge is 2.27. The highest BCUT2D eigenvalue weighted by atomic mass is 16.5. The van der Waals surface area contributed by atoms with Crippen molar-refractivity contribution in [2.45, 2.75) is 13.0 Å². The molecule has 0 N–H and O–H groups in total. The van der Waals surface area contributed by atoms with Gasteiger partial charge in [0.2, 0.25) is 0 Å². The number of carbonyl (C=O) groups excluding carboxylic acids is 1. The molecule has 5 nitrogen and oxygen atoms in total. The molecular weight excluding hydrogens is 342 g/mol. The molecule has 0 aliphatic carbocycles. The third kappa shape index (κ3) is 4.26. The van der Waals surface area contributed by atoms with Crippen LogP contribution in [0.3, 0.4) is 0 Å². The van der Waals surface area contributed by atoms with Crippen LogP contribution in [0.1, 0.15) is 11.1 Å². The van der Waals surface area contributed by atoms with Crippen LogP contribution in [0.2, 0.25) is 0 Å². The van der Waals surface area contributed by atoms with E-state index in [2.05, 4.69) is 4.98 Å². The molecule has 1 atom stereocenters. The molecule has 27 heavy (non-hydrogen) atoms. The molecule has 3 aromatic rings. The first kappa shape index (κ1) is 17.1. The Kier molecular flexibility index (Phi) is 5.01. The smallest absolute Gasteiger partial charge is 0.313 e. The van der Waals surface area contributed by atoms with E-state index in [0.717, 1.165) is 16.9 Å². The summed E-state index contributed by atoms with van der Waals surface area (Å²) < 4.78 is 16.8. The molecule has 1 aromatic heterocycles. The maximum atomic E-state index is 12.4. The van der Waals surface area contributed by atoms with Gasteiger partial charge in [-0.15, -0.1) is 0 Å². The molecule has 0 fully saturated rings. The van der Waals surface area contributed by atoms with Gasteiger partial charge in [-0.2, -0.15) is 0 Å². The van der Waals surface area contributed by atoms with Crippen molar-refractivity contribution in [1.82, 2.24) is 4.98 Å². The summed E-state index contributed by atoms with van der Waals surface area (Å²) in [6.45, 7) is 0.581. The van der Waals surface area contributed by atoms with Gasteiger partial charge in [-0.25, -0.2) is 0 Å². The zero-order valence-corrected chi connectivity index (χ0v) is 14.7. The van der Waals surface area contributed by atoms with Gasteiger partial charge in [0.15, 0.2) is 0 Å². The van der Waals surface area contributed by atoms with Gasteiger partial charge in [-0.05, 0) is 47.9 Å². The summed E-state index contributed by atoms with van der Waals surface area (Å²) >= 11 is 0. The highest BCUT2D eigenvalue weighted by Crippen LogP contribution is 2.27. The van der Waals surface area contributed by atoms with Crippen LogP contribution in [0, 0.1) is 5.92 Å². The van der Waals surface area contributed by atoms with E-state index in [0.29, 0.717) is 24.5 Å². The fraction of sp³-hybridized carbons (Fsp3) is 0.182. The minimum atomic E-state index is -0.270. The number of esters is 1. The van der Waals surface area contributed by atoms with Gasteiger partial charge in [0.05, 0.1) is 12.1 Å². The SMILES string of the molecule is O=C(OCc1ccc(Oc2cccnc2)cc1)[C@@H]1COc2ccccc2C1. The molecule has 0 bridgehead atoms. The number of carbonyl (C=O) groups is 1. The molecule has 2 aromatic carbocycles. The van der Waals surface area contributed by atoms with Crippen molar-refractivity contribution >= 4 is 5.97 Å². The Morgan fingerprint density at radius 3 is 2.70 bits per heavy atom. The number of ether oxygens (including phenoxy) is 3. The Morgan fingerprint density at radius 1 is 1.04 bits per heavy atom. The van der Waals surface area contributed by atoms with Gasteiger partial charge in [-0.3, -0.25) is 9.78 Å². The second-order valence-electron chi connectivity index (χ2n) is 6.36. The third-order valence-electron chi connectivity index (χ3n) is 4.39. The van der Waals surface area contributed by atoms with Gasteiger partial charge in [-0.1, -0.05) is 30.3 Å². The number of nitrogens with zero attached hydrogens (tertiary/aromatic N) is 1. The van der Waals surface area contributed by atoms with Crippen LogP contribution in [-0.4, -0.2) is 17.6 Å². The van der Waals surface area contributed by atoms with Crippen molar-refractivity contribution in [2.24, 2.45) is 5.92 Å². The van der Waals surface area contributed by atoms with E-state index in [-0.39, 0.29) is 18.5 Å². The molecular formula is C22H19NO4. The summed E-state index contributed by atoms with van der Waals surface area (Å²) in [5.74, 6) is 1.73. The molecule has 136 valence electrons. The molecule has 0 amide bonds. The minimum Gasteiger partial charge on any atom is -0.492 e. The van der Waals surface area contributed by atoms with E-state index < -0.39 is 0 Å². The Labute approximate surface area is 157 Å². The lowest BCUT2D eigenvalue weighted by Gasteiger charge is -2.23. The maximum Gasteiger partial charge on any atom is 0.313 e. The average Bonchev–Trinajstić information content (AvgIpc) is 2.73. The molecule has 1 aliphatic rings. The first-order chi connectivity index (χ1) is 13.3. The van der Waals surface area contributed by atoms with E-state index in [4.69, 9.17) is 14.2 Å². The van der Waals surface area contributed by atoms with Gasteiger partial charge < -0.3 is 14.2 Å². The lowest BCUT2D eigenvalue weighted by Crippen LogP contribution is -2.29. The molecule has 0 saturated heterocycles. The van der Waals surface area contributed by atoms with Crippen LogP contribution >= 0.6 is 0 Å². The summed E-state index contributed by atoms with van der Waals surface area (Å²) in [5, 5.41) is 0. The van der Waals surface area contributed by atoms with E-state index in [1.54, 1.807) is 12.4 Å². The predicted molar refractivity (Wildman–Crippen MR) is 99.7 cm³/mol. The van der Waals surface area contributed by atoms with Crippen LogP contribution in [0.4, 0.5) is 0 Å². The minimum absolute atomic E-state index is 0.226. The molecule has 5 heteroatoms. The molecule has 0 saturated carbocycles. The summed E-state index contributed by atoms with van der Waals surface area (Å²) in [7, 11) is 0. The second kappa shape index (κ2) is 7.91. The number of pyridine rings is 1. The maximum absolute atomic E-state index is 12.4. The van der Waals surface area contributed by atoms with E-state index in [1.807, 2.05) is 60.7 Å². The summed E-state index contributed by atoms with van der Waals surface area (Å²) in [6, 6.07) is 18.9. The Morgan fingerprint density at radius 2 is 1.89 bits per heavy atom. The Hall–Kier alpha value is -3.34. The topological polar surface area (TPSA) is 57.7 Å². The number of benzene rings is 2. The van der Waals surface area contributed by atoms with Crippen molar-refractivity contribution in [1.29, 1.82) is 0 Å². The van der Waals surface area contributed by atoms with Crippen LogP contribution in [-0.2, 0) is 22.6 Å². The molecule has 4 rings (SSSR count). The van der Waals surface area contributed by atoms with Crippen LogP contribution < -0.4 is 9.47 Å². The van der Waals surface area contributed by atoms with E-state index in [1.165, 1.54) is 0 Å². The third-order valence-corrected chi connectivity index (χ3v) is 4.39.